The summed E-state index contributed by atoms with van der Waals surface area (Å²) < 4.78 is 40.2. The number of halogens is 3. The average molecular weight is 286 g/mol. The molecule has 1 aromatic rings. The molecule has 0 aliphatic heterocycles. The highest BCUT2D eigenvalue weighted by Gasteiger charge is 2.30. The first-order chi connectivity index (χ1) is 9.58. The second-order valence-electron chi connectivity index (χ2n) is 5.60. The molecule has 0 bridgehead atoms. The van der Waals surface area contributed by atoms with Gasteiger partial charge in [-0.05, 0) is 30.7 Å². The SMILES string of the molecule is CCC1CCC(C(NN)c2ccc(F)c(F)c2F)CC1. The Morgan fingerprint density at radius 2 is 1.80 bits per heavy atom. The summed E-state index contributed by atoms with van der Waals surface area (Å²) in [4.78, 5) is 0. The summed E-state index contributed by atoms with van der Waals surface area (Å²) >= 11 is 0. The number of nitrogens with one attached hydrogen (secondary N) is 1. The van der Waals surface area contributed by atoms with Crippen molar-refractivity contribution in [2.24, 2.45) is 17.7 Å². The summed E-state index contributed by atoms with van der Waals surface area (Å²) in [6.07, 6.45) is 5.14. The van der Waals surface area contributed by atoms with Crippen molar-refractivity contribution in [1.29, 1.82) is 0 Å². The quantitative estimate of drug-likeness (QED) is 0.501. The summed E-state index contributed by atoms with van der Waals surface area (Å²) in [6, 6.07) is 1.77. The molecule has 1 aromatic carbocycles. The first kappa shape index (κ1) is 15.3. The van der Waals surface area contributed by atoms with Crippen molar-refractivity contribution in [3.05, 3.63) is 35.1 Å². The van der Waals surface area contributed by atoms with Crippen LogP contribution in [0.5, 0.6) is 0 Å². The monoisotopic (exact) mass is 286 g/mol. The summed E-state index contributed by atoms with van der Waals surface area (Å²) in [7, 11) is 0. The second kappa shape index (κ2) is 6.59. The molecule has 0 saturated heterocycles. The first-order valence-corrected chi connectivity index (χ1v) is 7.18. The summed E-state index contributed by atoms with van der Waals surface area (Å²) in [5, 5.41) is 0. The van der Waals surface area contributed by atoms with E-state index >= 15 is 0 Å². The molecule has 0 amide bonds. The van der Waals surface area contributed by atoms with Crippen LogP contribution in [0.25, 0.3) is 0 Å². The fourth-order valence-electron chi connectivity index (χ4n) is 3.19. The summed E-state index contributed by atoms with van der Waals surface area (Å²) in [6.45, 7) is 2.17. The Labute approximate surface area is 117 Å². The zero-order valence-electron chi connectivity index (χ0n) is 11.6. The number of benzene rings is 1. The van der Waals surface area contributed by atoms with E-state index in [1.165, 1.54) is 6.07 Å². The third-order valence-electron chi connectivity index (χ3n) is 4.52. The fraction of sp³-hybridized carbons (Fsp3) is 0.600. The van der Waals surface area contributed by atoms with Gasteiger partial charge in [-0.3, -0.25) is 11.3 Å². The van der Waals surface area contributed by atoms with Gasteiger partial charge in [0.05, 0.1) is 6.04 Å². The molecular weight excluding hydrogens is 265 g/mol. The van der Waals surface area contributed by atoms with Crippen molar-refractivity contribution in [2.45, 2.75) is 45.1 Å². The van der Waals surface area contributed by atoms with Crippen LogP contribution >= 0.6 is 0 Å². The molecule has 5 heteroatoms. The van der Waals surface area contributed by atoms with Crippen LogP contribution < -0.4 is 11.3 Å². The molecule has 1 fully saturated rings. The lowest BCUT2D eigenvalue weighted by Gasteiger charge is -2.33. The third-order valence-corrected chi connectivity index (χ3v) is 4.52. The van der Waals surface area contributed by atoms with Gasteiger partial charge in [-0.2, -0.15) is 0 Å². The maximum atomic E-state index is 13.9. The van der Waals surface area contributed by atoms with Gasteiger partial charge in [0.1, 0.15) is 0 Å². The number of hydrogen-bond donors (Lipinski definition) is 2. The van der Waals surface area contributed by atoms with Gasteiger partial charge >= 0.3 is 0 Å². The van der Waals surface area contributed by atoms with Crippen molar-refractivity contribution in [2.75, 3.05) is 0 Å². The van der Waals surface area contributed by atoms with Crippen molar-refractivity contribution in [3.8, 4) is 0 Å². The second-order valence-corrected chi connectivity index (χ2v) is 5.60. The molecule has 3 N–H and O–H groups in total. The van der Waals surface area contributed by atoms with E-state index in [0.29, 0.717) is 5.92 Å². The van der Waals surface area contributed by atoms with Crippen molar-refractivity contribution in [3.63, 3.8) is 0 Å². The van der Waals surface area contributed by atoms with Gasteiger partial charge in [0.25, 0.3) is 0 Å². The van der Waals surface area contributed by atoms with Crippen LogP contribution in [0.4, 0.5) is 13.2 Å². The Hall–Kier alpha value is -1.07. The maximum Gasteiger partial charge on any atom is 0.194 e. The van der Waals surface area contributed by atoms with Crippen LogP contribution in [0.3, 0.4) is 0 Å². The fourth-order valence-corrected chi connectivity index (χ4v) is 3.19. The van der Waals surface area contributed by atoms with Crippen LogP contribution in [-0.2, 0) is 0 Å². The minimum absolute atomic E-state index is 0.117. The van der Waals surface area contributed by atoms with Gasteiger partial charge in [0.2, 0.25) is 0 Å². The number of rotatable bonds is 4. The normalized spacial score (nSPS) is 24.6. The third kappa shape index (κ3) is 2.99. The van der Waals surface area contributed by atoms with E-state index in [2.05, 4.69) is 12.3 Å². The number of nitrogens with two attached hydrogens (primary N) is 1. The molecular formula is C15H21F3N2. The Morgan fingerprint density at radius 1 is 1.15 bits per heavy atom. The largest absolute Gasteiger partial charge is 0.271 e. The average Bonchev–Trinajstić information content (AvgIpc) is 2.48. The van der Waals surface area contributed by atoms with Gasteiger partial charge in [-0.1, -0.05) is 32.3 Å². The Balaban J connectivity index is 2.19. The molecule has 1 aliphatic rings. The van der Waals surface area contributed by atoms with Gasteiger partial charge in [0.15, 0.2) is 17.5 Å². The number of hydrazine groups is 1. The Bertz CT molecular complexity index is 457. The molecule has 0 radical (unpaired) electrons. The lowest BCUT2D eigenvalue weighted by molar-refractivity contribution is 0.215. The van der Waals surface area contributed by atoms with E-state index in [1.807, 2.05) is 0 Å². The van der Waals surface area contributed by atoms with E-state index in [1.54, 1.807) is 0 Å². The zero-order chi connectivity index (χ0) is 14.7. The van der Waals surface area contributed by atoms with Gasteiger partial charge < -0.3 is 0 Å². The smallest absolute Gasteiger partial charge is 0.194 e. The lowest BCUT2D eigenvalue weighted by Crippen LogP contribution is -2.36. The Morgan fingerprint density at radius 3 is 2.35 bits per heavy atom. The van der Waals surface area contributed by atoms with Crippen LogP contribution in [-0.4, -0.2) is 0 Å². The maximum absolute atomic E-state index is 13.9. The van der Waals surface area contributed by atoms with Crippen LogP contribution in [0, 0.1) is 29.3 Å². The molecule has 2 nitrogen and oxygen atoms in total. The Kier molecular flexibility index (Phi) is 5.05. The highest BCUT2D eigenvalue weighted by molar-refractivity contribution is 5.24. The lowest BCUT2D eigenvalue weighted by atomic mass is 9.76. The van der Waals surface area contributed by atoms with E-state index in [0.717, 1.165) is 38.2 Å². The first-order valence-electron chi connectivity index (χ1n) is 7.18. The molecule has 1 atom stereocenters. The molecule has 0 aromatic heterocycles. The van der Waals surface area contributed by atoms with Crippen LogP contribution in [0.15, 0.2) is 12.1 Å². The molecule has 1 aliphatic carbocycles. The van der Waals surface area contributed by atoms with Gasteiger partial charge in [0, 0.05) is 5.56 Å². The zero-order valence-corrected chi connectivity index (χ0v) is 11.6. The molecule has 112 valence electrons. The van der Waals surface area contributed by atoms with Gasteiger partial charge in [-0.25, -0.2) is 13.2 Å². The molecule has 20 heavy (non-hydrogen) atoms. The molecule has 2 rings (SSSR count). The molecule has 1 unspecified atom stereocenters. The summed E-state index contributed by atoms with van der Waals surface area (Å²) in [5.74, 6) is 2.66. The molecule has 0 spiro atoms. The van der Waals surface area contributed by atoms with Gasteiger partial charge in [-0.15, -0.1) is 0 Å². The van der Waals surface area contributed by atoms with E-state index in [-0.39, 0.29) is 11.5 Å². The highest BCUT2D eigenvalue weighted by Crippen LogP contribution is 2.38. The van der Waals surface area contributed by atoms with E-state index in [4.69, 9.17) is 5.84 Å². The molecule has 1 saturated carbocycles. The minimum atomic E-state index is -1.43. The number of hydrogen-bond acceptors (Lipinski definition) is 2. The molecule has 0 heterocycles. The minimum Gasteiger partial charge on any atom is -0.271 e. The van der Waals surface area contributed by atoms with Crippen molar-refractivity contribution >= 4 is 0 Å². The standard InChI is InChI=1S/C15H21F3N2/c1-2-9-3-5-10(6-4-9)15(20-19)11-7-8-12(16)14(18)13(11)17/h7-10,15,20H,2-6,19H2,1H3. The van der Waals surface area contributed by atoms with Crippen LogP contribution in [0.1, 0.15) is 50.6 Å². The van der Waals surface area contributed by atoms with E-state index < -0.39 is 23.5 Å². The van der Waals surface area contributed by atoms with E-state index in [9.17, 15) is 13.2 Å². The van der Waals surface area contributed by atoms with Crippen LogP contribution in [0.2, 0.25) is 0 Å². The van der Waals surface area contributed by atoms with Crippen molar-refractivity contribution in [1.82, 2.24) is 5.43 Å². The topological polar surface area (TPSA) is 38.0 Å². The summed E-state index contributed by atoms with van der Waals surface area (Å²) in [5.41, 5.74) is 2.70. The highest BCUT2D eigenvalue weighted by atomic mass is 19.2. The van der Waals surface area contributed by atoms with Crippen molar-refractivity contribution < 1.29 is 13.2 Å². The predicted molar refractivity (Wildman–Crippen MR) is 72.1 cm³/mol. The predicted octanol–water partition coefficient (Wildman–Crippen LogP) is 3.82.